The van der Waals surface area contributed by atoms with E-state index in [0.717, 1.165) is 23.1 Å². The number of ether oxygens (including phenoxy) is 2. The van der Waals surface area contributed by atoms with Gasteiger partial charge >= 0.3 is 5.69 Å². The summed E-state index contributed by atoms with van der Waals surface area (Å²) in [5, 5.41) is 24.4. The van der Waals surface area contributed by atoms with Crippen molar-refractivity contribution in [2.24, 2.45) is 0 Å². The molecule has 3 aromatic carbocycles. The van der Waals surface area contributed by atoms with Crippen LogP contribution < -0.4 is 14.8 Å². The number of thioether (sulfide) groups is 1. The Morgan fingerprint density at radius 2 is 1.67 bits per heavy atom. The molecule has 3 aromatic rings. The van der Waals surface area contributed by atoms with Crippen LogP contribution in [0, 0.1) is 20.2 Å². The topological polar surface area (TPSA) is 171 Å². The van der Waals surface area contributed by atoms with E-state index in [1.54, 1.807) is 42.5 Å². The molecule has 1 aliphatic heterocycles. The third kappa shape index (κ3) is 6.02. The van der Waals surface area contributed by atoms with E-state index in [-0.39, 0.29) is 16.4 Å². The molecule has 198 valence electrons. The van der Waals surface area contributed by atoms with Crippen LogP contribution in [0.25, 0.3) is 6.08 Å². The van der Waals surface area contributed by atoms with E-state index in [4.69, 9.17) is 9.47 Å². The number of carbonyl (C=O) groups excluding carboxylic acids is 3. The normalized spacial score (nSPS) is 13.9. The lowest BCUT2D eigenvalue weighted by Crippen LogP contribution is -2.36. The van der Waals surface area contributed by atoms with Gasteiger partial charge in [-0.3, -0.25) is 39.5 Å². The number of hydrogen-bond acceptors (Lipinski definition) is 10. The van der Waals surface area contributed by atoms with E-state index in [0.29, 0.717) is 28.8 Å². The first-order valence-corrected chi connectivity index (χ1v) is 11.9. The average molecular weight is 551 g/mol. The molecular weight excluding hydrogens is 532 g/mol. The van der Waals surface area contributed by atoms with Gasteiger partial charge in [0.25, 0.3) is 16.8 Å². The number of nitrogens with zero attached hydrogens (tertiary/aromatic N) is 3. The Bertz CT molecular complexity index is 1540. The number of imide groups is 1. The number of benzene rings is 3. The predicted octanol–water partition coefficient (Wildman–Crippen LogP) is 4.98. The molecule has 0 aliphatic carbocycles. The van der Waals surface area contributed by atoms with Gasteiger partial charge in [0.05, 0.1) is 33.6 Å². The van der Waals surface area contributed by atoms with Gasteiger partial charge in [0.15, 0.2) is 0 Å². The van der Waals surface area contributed by atoms with Gasteiger partial charge in [0.1, 0.15) is 18.0 Å². The largest absolute Gasteiger partial charge is 0.495 e. The monoisotopic (exact) mass is 550 g/mol. The fourth-order valence-electron chi connectivity index (χ4n) is 3.52. The molecule has 13 nitrogen and oxygen atoms in total. The third-order valence-electron chi connectivity index (χ3n) is 5.33. The summed E-state index contributed by atoms with van der Waals surface area (Å²) in [4.78, 5) is 59.7. The van der Waals surface area contributed by atoms with Gasteiger partial charge in [-0.25, -0.2) is 0 Å². The summed E-state index contributed by atoms with van der Waals surface area (Å²) in [5.41, 5.74) is -0.431. The number of nitro groups is 2. The molecule has 0 spiro atoms. The van der Waals surface area contributed by atoms with E-state index < -0.39 is 44.8 Å². The number of carbonyl (C=O) groups is 3. The number of nitro benzene ring substituents is 2. The van der Waals surface area contributed by atoms with Crippen LogP contribution in [0.3, 0.4) is 0 Å². The summed E-state index contributed by atoms with van der Waals surface area (Å²) in [6.45, 7) is -0.535. The average Bonchev–Trinajstić information content (AvgIpc) is 3.17. The summed E-state index contributed by atoms with van der Waals surface area (Å²) >= 11 is 0.616. The molecule has 0 saturated carbocycles. The number of rotatable bonds is 9. The first-order chi connectivity index (χ1) is 18.7. The molecular formula is C25H18N4O9S. The Balaban J connectivity index is 1.54. The molecule has 0 aromatic heterocycles. The van der Waals surface area contributed by atoms with Crippen LogP contribution >= 0.6 is 11.8 Å². The molecule has 3 amide bonds. The van der Waals surface area contributed by atoms with Crippen molar-refractivity contribution in [3.8, 4) is 17.2 Å². The van der Waals surface area contributed by atoms with Gasteiger partial charge < -0.3 is 14.8 Å². The van der Waals surface area contributed by atoms with Crippen LogP contribution in [-0.2, 0) is 9.59 Å². The van der Waals surface area contributed by atoms with E-state index in [1.807, 2.05) is 0 Å². The van der Waals surface area contributed by atoms with Gasteiger partial charge in [-0.05, 0) is 42.1 Å². The molecule has 1 aliphatic rings. The lowest BCUT2D eigenvalue weighted by Gasteiger charge is -2.14. The lowest BCUT2D eigenvalue weighted by molar-refractivity contribution is -0.394. The van der Waals surface area contributed by atoms with Crippen LogP contribution in [0.5, 0.6) is 17.2 Å². The van der Waals surface area contributed by atoms with Gasteiger partial charge in [-0.15, -0.1) is 0 Å². The summed E-state index contributed by atoms with van der Waals surface area (Å²) in [6, 6.07) is 15.8. The Labute approximate surface area is 224 Å². The molecule has 1 fully saturated rings. The second-order valence-electron chi connectivity index (χ2n) is 7.82. The molecule has 1 N–H and O–H groups in total. The van der Waals surface area contributed by atoms with Crippen molar-refractivity contribution >= 4 is 52.0 Å². The van der Waals surface area contributed by atoms with Crippen LogP contribution in [0.4, 0.5) is 21.9 Å². The standard InChI is InChI=1S/C25H18N4O9S/c1-37-20-9-5-3-7-17(20)26-23(30)14-27-24(31)22(39-25(27)32)12-15-6-2-4-8-19(15)38-21-11-10-16(28(33)34)13-18(21)29(35)36/h2-13H,14H2,1H3,(H,26,30)/b22-12+. The minimum Gasteiger partial charge on any atom is -0.495 e. The Morgan fingerprint density at radius 1 is 0.974 bits per heavy atom. The molecule has 4 rings (SSSR count). The van der Waals surface area contributed by atoms with Crippen molar-refractivity contribution in [3.05, 3.63) is 97.4 Å². The minimum atomic E-state index is -0.813. The maximum atomic E-state index is 13.0. The van der Waals surface area contributed by atoms with Crippen LogP contribution in [0.2, 0.25) is 0 Å². The zero-order valence-corrected chi connectivity index (χ0v) is 20.9. The van der Waals surface area contributed by atoms with E-state index in [1.165, 1.54) is 19.3 Å². The minimum absolute atomic E-state index is 0.000610. The fraction of sp³-hybridized carbons (Fsp3) is 0.0800. The maximum Gasteiger partial charge on any atom is 0.318 e. The van der Waals surface area contributed by atoms with Crippen LogP contribution in [0.1, 0.15) is 5.56 Å². The van der Waals surface area contributed by atoms with Crippen molar-refractivity contribution in [2.75, 3.05) is 19.0 Å². The lowest BCUT2D eigenvalue weighted by atomic mass is 10.1. The quantitative estimate of drug-likeness (QED) is 0.218. The Hall–Kier alpha value is -5.24. The summed E-state index contributed by atoms with van der Waals surface area (Å²) in [7, 11) is 1.44. The number of amides is 3. The Kier molecular flexibility index (Phi) is 7.86. The van der Waals surface area contributed by atoms with Gasteiger partial charge in [0.2, 0.25) is 11.7 Å². The molecule has 0 unspecified atom stereocenters. The number of nitrogens with one attached hydrogen (secondary N) is 1. The fourth-order valence-corrected chi connectivity index (χ4v) is 4.35. The summed E-state index contributed by atoms with van der Waals surface area (Å²) in [5.74, 6) is -1.08. The van der Waals surface area contributed by atoms with Crippen molar-refractivity contribution in [1.82, 2.24) is 4.90 Å². The second kappa shape index (κ2) is 11.4. The van der Waals surface area contributed by atoms with E-state index in [2.05, 4.69) is 5.32 Å². The third-order valence-corrected chi connectivity index (χ3v) is 6.24. The summed E-state index contributed by atoms with van der Waals surface area (Å²) < 4.78 is 10.9. The molecule has 1 saturated heterocycles. The highest BCUT2D eigenvalue weighted by molar-refractivity contribution is 8.18. The van der Waals surface area contributed by atoms with E-state index in [9.17, 15) is 34.6 Å². The SMILES string of the molecule is COc1ccccc1NC(=O)CN1C(=O)S/C(=C/c2ccccc2Oc2ccc([N+](=O)[O-])cc2[N+](=O)[O-])C1=O. The smallest absolute Gasteiger partial charge is 0.318 e. The van der Waals surface area contributed by atoms with Gasteiger partial charge in [-0.2, -0.15) is 0 Å². The summed E-state index contributed by atoms with van der Waals surface area (Å²) in [6.07, 6.45) is 1.36. The molecule has 39 heavy (non-hydrogen) atoms. The molecule has 14 heteroatoms. The first-order valence-electron chi connectivity index (χ1n) is 11.1. The van der Waals surface area contributed by atoms with Crippen molar-refractivity contribution in [2.45, 2.75) is 0 Å². The number of para-hydroxylation sites is 3. The van der Waals surface area contributed by atoms with Gasteiger partial charge in [-0.1, -0.05) is 30.3 Å². The zero-order chi connectivity index (χ0) is 28.1. The number of non-ortho nitro benzene ring substituents is 1. The highest BCUT2D eigenvalue weighted by Crippen LogP contribution is 2.38. The van der Waals surface area contributed by atoms with Crippen molar-refractivity contribution < 1.29 is 33.7 Å². The maximum absolute atomic E-state index is 13.0. The second-order valence-corrected chi connectivity index (χ2v) is 8.82. The van der Waals surface area contributed by atoms with Crippen molar-refractivity contribution in [1.29, 1.82) is 0 Å². The molecule has 0 atom stereocenters. The number of methoxy groups -OCH3 is 1. The van der Waals surface area contributed by atoms with Gasteiger partial charge in [0, 0.05) is 11.6 Å². The zero-order valence-electron chi connectivity index (χ0n) is 20.1. The number of anilines is 1. The highest BCUT2D eigenvalue weighted by atomic mass is 32.2. The first kappa shape index (κ1) is 26.8. The molecule has 1 heterocycles. The molecule has 0 bridgehead atoms. The Morgan fingerprint density at radius 3 is 2.36 bits per heavy atom. The predicted molar refractivity (Wildman–Crippen MR) is 141 cm³/mol. The van der Waals surface area contributed by atoms with E-state index >= 15 is 0 Å². The number of hydrogen-bond donors (Lipinski definition) is 1. The van der Waals surface area contributed by atoms with Crippen LogP contribution in [-0.4, -0.2) is 45.5 Å². The highest BCUT2D eigenvalue weighted by Gasteiger charge is 2.36. The van der Waals surface area contributed by atoms with Crippen LogP contribution in [0.15, 0.2) is 71.6 Å². The molecule has 0 radical (unpaired) electrons. The van der Waals surface area contributed by atoms with Crippen molar-refractivity contribution in [3.63, 3.8) is 0 Å².